The Balaban J connectivity index is 1.51. The van der Waals surface area contributed by atoms with Gasteiger partial charge in [-0.1, -0.05) is 11.6 Å². The second kappa shape index (κ2) is 8.65. The third kappa shape index (κ3) is 5.42. The van der Waals surface area contributed by atoms with Gasteiger partial charge in [-0.15, -0.1) is 10.2 Å². The smallest absolute Gasteiger partial charge is 0.263 e. The molecule has 0 unspecified atom stereocenters. The maximum absolute atomic E-state index is 11.9. The first-order valence-electron chi connectivity index (χ1n) is 7.91. The highest BCUT2D eigenvalue weighted by Crippen LogP contribution is 2.16. The number of carbonyl (C=O) groups is 1. The van der Waals surface area contributed by atoms with E-state index in [0.717, 1.165) is 5.69 Å². The number of hydrogen-bond acceptors (Lipinski definition) is 6. The van der Waals surface area contributed by atoms with Gasteiger partial charge in [-0.05, 0) is 60.7 Å². The molecule has 0 aliphatic carbocycles. The van der Waals surface area contributed by atoms with Crippen molar-refractivity contribution < 1.29 is 9.53 Å². The average Bonchev–Trinajstić information content (AvgIpc) is 2.70. The molecule has 3 aromatic rings. The fourth-order valence-corrected chi connectivity index (χ4v) is 2.23. The van der Waals surface area contributed by atoms with Gasteiger partial charge < -0.3 is 15.4 Å². The van der Waals surface area contributed by atoms with Gasteiger partial charge in [-0.3, -0.25) is 4.79 Å². The van der Waals surface area contributed by atoms with Crippen LogP contribution in [0.15, 0.2) is 60.7 Å². The van der Waals surface area contributed by atoms with Crippen LogP contribution in [0.3, 0.4) is 0 Å². The largest absolute Gasteiger partial charge is 0.484 e. The zero-order valence-corrected chi connectivity index (χ0v) is 14.8. The molecule has 0 saturated carbocycles. The lowest BCUT2D eigenvalue weighted by atomic mass is 10.2. The molecule has 7 nitrogen and oxygen atoms in total. The molecule has 134 valence electrons. The number of nitrogens with zero attached hydrogens (tertiary/aromatic N) is 3. The molecule has 3 rings (SSSR count). The summed E-state index contributed by atoms with van der Waals surface area (Å²) in [5, 5.41) is 23.0. The summed E-state index contributed by atoms with van der Waals surface area (Å²) in [6.45, 7) is -0.158. The number of hydrogen-bond donors (Lipinski definition) is 2. The minimum atomic E-state index is -0.355. The highest BCUT2D eigenvalue weighted by molar-refractivity contribution is 6.30. The summed E-state index contributed by atoms with van der Waals surface area (Å²) in [7, 11) is 0. The Morgan fingerprint density at radius 3 is 2.30 bits per heavy atom. The van der Waals surface area contributed by atoms with Gasteiger partial charge in [0.05, 0.1) is 11.6 Å². The molecule has 0 atom stereocenters. The molecule has 2 N–H and O–H groups in total. The number of rotatable bonds is 6. The molecule has 8 heteroatoms. The van der Waals surface area contributed by atoms with E-state index >= 15 is 0 Å². The second-order valence-corrected chi connectivity index (χ2v) is 5.85. The second-order valence-electron chi connectivity index (χ2n) is 5.41. The van der Waals surface area contributed by atoms with Crippen LogP contribution in [0.1, 0.15) is 5.56 Å². The number of anilines is 3. The zero-order chi connectivity index (χ0) is 19.1. The number of halogens is 1. The summed E-state index contributed by atoms with van der Waals surface area (Å²) >= 11 is 5.79. The van der Waals surface area contributed by atoms with E-state index in [2.05, 4.69) is 26.9 Å². The third-order valence-electron chi connectivity index (χ3n) is 3.40. The van der Waals surface area contributed by atoms with Gasteiger partial charge in [-0.25, -0.2) is 0 Å². The molecular weight excluding hydrogens is 366 g/mol. The molecule has 0 fully saturated rings. The molecule has 27 heavy (non-hydrogen) atoms. The van der Waals surface area contributed by atoms with E-state index in [1.165, 1.54) is 0 Å². The Morgan fingerprint density at radius 2 is 1.67 bits per heavy atom. The molecule has 1 amide bonds. The van der Waals surface area contributed by atoms with E-state index in [4.69, 9.17) is 21.6 Å². The van der Waals surface area contributed by atoms with Crippen LogP contribution in [0.5, 0.6) is 5.75 Å². The van der Waals surface area contributed by atoms with Crippen LogP contribution in [-0.4, -0.2) is 22.7 Å². The first-order valence-corrected chi connectivity index (χ1v) is 8.29. The van der Waals surface area contributed by atoms with Crippen LogP contribution >= 0.6 is 11.6 Å². The van der Waals surface area contributed by atoms with Gasteiger partial charge in [0, 0.05) is 10.7 Å². The van der Waals surface area contributed by atoms with Crippen molar-refractivity contribution in [3.8, 4) is 11.8 Å². The van der Waals surface area contributed by atoms with E-state index in [-0.39, 0.29) is 12.5 Å². The van der Waals surface area contributed by atoms with Gasteiger partial charge in [0.2, 0.25) is 0 Å². The van der Waals surface area contributed by atoms with Gasteiger partial charge in [0.15, 0.2) is 18.2 Å². The molecule has 0 aliphatic rings. The highest BCUT2D eigenvalue weighted by Gasteiger charge is 2.06. The lowest BCUT2D eigenvalue weighted by molar-refractivity contribution is -0.118. The fraction of sp³-hybridized carbons (Fsp3) is 0.0526. The Bertz CT molecular complexity index is 951. The van der Waals surface area contributed by atoms with Crippen molar-refractivity contribution in [1.29, 1.82) is 5.26 Å². The van der Waals surface area contributed by atoms with Crippen LogP contribution in [0.25, 0.3) is 0 Å². The number of ether oxygens (including phenoxy) is 1. The van der Waals surface area contributed by atoms with Crippen molar-refractivity contribution in [1.82, 2.24) is 10.2 Å². The standard InChI is InChI=1S/C19H14ClN5O2/c20-14-3-7-16(8-4-14)27-12-19(26)23-18-10-9-17(24-25-18)22-15-5-1-13(11-21)2-6-15/h1-10H,12H2,(H,22,24)(H,23,25,26). The van der Waals surface area contributed by atoms with Crippen molar-refractivity contribution >= 4 is 34.8 Å². The van der Waals surface area contributed by atoms with E-state index in [9.17, 15) is 4.79 Å². The first-order chi connectivity index (χ1) is 13.1. The van der Waals surface area contributed by atoms with E-state index < -0.39 is 0 Å². The predicted molar refractivity (Wildman–Crippen MR) is 102 cm³/mol. The molecule has 1 aromatic heterocycles. The summed E-state index contributed by atoms with van der Waals surface area (Å²) in [4.78, 5) is 11.9. The minimum absolute atomic E-state index is 0.158. The monoisotopic (exact) mass is 379 g/mol. The zero-order valence-electron chi connectivity index (χ0n) is 14.0. The number of amides is 1. The van der Waals surface area contributed by atoms with Crippen molar-refractivity contribution in [3.63, 3.8) is 0 Å². The fourth-order valence-electron chi connectivity index (χ4n) is 2.10. The van der Waals surface area contributed by atoms with E-state index in [1.54, 1.807) is 60.7 Å². The van der Waals surface area contributed by atoms with Crippen LogP contribution in [-0.2, 0) is 4.79 Å². The predicted octanol–water partition coefficient (Wildman–Crippen LogP) is 3.76. The highest BCUT2D eigenvalue weighted by atomic mass is 35.5. The number of nitrogens with one attached hydrogen (secondary N) is 2. The van der Waals surface area contributed by atoms with Crippen molar-refractivity contribution in [2.24, 2.45) is 0 Å². The van der Waals surface area contributed by atoms with Gasteiger partial charge >= 0.3 is 0 Å². The topological polar surface area (TPSA) is 99.9 Å². The van der Waals surface area contributed by atoms with Gasteiger partial charge in [-0.2, -0.15) is 5.26 Å². The molecule has 0 saturated heterocycles. The number of nitriles is 1. The summed E-state index contributed by atoms with van der Waals surface area (Å²) in [5.41, 5.74) is 1.35. The molecule has 1 heterocycles. The number of benzene rings is 2. The van der Waals surface area contributed by atoms with Crippen molar-refractivity contribution in [2.75, 3.05) is 17.2 Å². The Morgan fingerprint density at radius 1 is 1.00 bits per heavy atom. The van der Waals surface area contributed by atoms with Gasteiger partial charge in [0.1, 0.15) is 5.75 Å². The maximum Gasteiger partial charge on any atom is 0.263 e. The molecule has 2 aromatic carbocycles. The molecule has 0 aliphatic heterocycles. The van der Waals surface area contributed by atoms with Crippen molar-refractivity contribution in [2.45, 2.75) is 0 Å². The van der Waals surface area contributed by atoms with Crippen molar-refractivity contribution in [3.05, 3.63) is 71.2 Å². The molecule has 0 bridgehead atoms. The van der Waals surface area contributed by atoms with Crippen LogP contribution < -0.4 is 15.4 Å². The quantitative estimate of drug-likeness (QED) is 0.676. The number of carbonyl (C=O) groups excluding carboxylic acids is 1. The molecule has 0 radical (unpaired) electrons. The average molecular weight is 380 g/mol. The van der Waals surface area contributed by atoms with Crippen LogP contribution in [0.4, 0.5) is 17.3 Å². The lowest BCUT2D eigenvalue weighted by Gasteiger charge is -2.08. The molecule has 0 spiro atoms. The van der Waals surface area contributed by atoms with Crippen LogP contribution in [0, 0.1) is 11.3 Å². The normalized spacial score (nSPS) is 9.93. The summed E-state index contributed by atoms with van der Waals surface area (Å²) < 4.78 is 5.36. The lowest BCUT2D eigenvalue weighted by Crippen LogP contribution is -2.21. The summed E-state index contributed by atoms with van der Waals surface area (Å²) in [5.74, 6) is 1.01. The minimum Gasteiger partial charge on any atom is -0.484 e. The number of aromatic nitrogens is 2. The third-order valence-corrected chi connectivity index (χ3v) is 3.65. The van der Waals surface area contributed by atoms with Crippen LogP contribution in [0.2, 0.25) is 5.02 Å². The first kappa shape index (κ1) is 18.2. The summed E-state index contributed by atoms with van der Waals surface area (Å²) in [6, 6.07) is 19.0. The van der Waals surface area contributed by atoms with E-state index in [0.29, 0.717) is 28.0 Å². The summed E-state index contributed by atoms with van der Waals surface area (Å²) in [6.07, 6.45) is 0. The maximum atomic E-state index is 11.9. The Hall–Kier alpha value is -3.63. The van der Waals surface area contributed by atoms with Gasteiger partial charge in [0.25, 0.3) is 5.91 Å². The SMILES string of the molecule is N#Cc1ccc(Nc2ccc(NC(=O)COc3ccc(Cl)cc3)nn2)cc1. The Labute approximate surface area is 160 Å². The van der Waals surface area contributed by atoms with E-state index in [1.807, 2.05) is 0 Å². The Kier molecular flexibility index (Phi) is 5.82. The molecular formula is C19H14ClN5O2.